The first kappa shape index (κ1) is 24.4. The Hall–Kier alpha value is -3.77. The molecular weight excluding hydrogens is 454 g/mol. The number of benzene rings is 3. The molecule has 3 aromatic carbocycles. The molecule has 0 saturated heterocycles. The van der Waals surface area contributed by atoms with Gasteiger partial charge in [-0.05, 0) is 34.4 Å². The van der Waals surface area contributed by atoms with E-state index in [1.165, 1.54) is 11.3 Å². The molecule has 0 bridgehead atoms. The highest BCUT2D eigenvalue weighted by Crippen LogP contribution is 2.42. The number of anilines is 1. The molecule has 0 radical (unpaired) electrons. The number of amides is 2. The van der Waals surface area contributed by atoms with Gasteiger partial charge in [0.05, 0.1) is 5.41 Å². The molecule has 0 aliphatic heterocycles. The van der Waals surface area contributed by atoms with Gasteiger partial charge in [-0.15, -0.1) is 11.3 Å². The first-order chi connectivity index (χ1) is 16.8. The number of thiazole rings is 1. The van der Waals surface area contributed by atoms with E-state index in [0.29, 0.717) is 10.7 Å². The topological polar surface area (TPSA) is 62.3 Å². The lowest BCUT2D eigenvalue weighted by atomic mass is 9.70. The molecule has 0 spiro atoms. The molecule has 2 amide bonds. The SMILES string of the molecule is CN(C)C(=O)c1ccc(-c2ccc(C(c3ccccc3)C(C)(C)C(=O)Nc3nccs3)cc2)cc1. The van der Waals surface area contributed by atoms with Gasteiger partial charge in [0.1, 0.15) is 0 Å². The minimum atomic E-state index is -0.733. The Labute approximate surface area is 210 Å². The first-order valence-electron chi connectivity index (χ1n) is 11.5. The highest BCUT2D eigenvalue weighted by molar-refractivity contribution is 7.13. The van der Waals surface area contributed by atoms with Gasteiger partial charge in [-0.1, -0.05) is 80.6 Å². The van der Waals surface area contributed by atoms with Crippen molar-refractivity contribution >= 4 is 28.3 Å². The van der Waals surface area contributed by atoms with E-state index in [2.05, 4.69) is 46.7 Å². The van der Waals surface area contributed by atoms with Crippen molar-refractivity contribution in [2.45, 2.75) is 19.8 Å². The molecule has 178 valence electrons. The number of carbonyl (C=O) groups is 2. The molecule has 0 aliphatic rings. The molecule has 0 saturated carbocycles. The van der Waals surface area contributed by atoms with Crippen molar-refractivity contribution < 1.29 is 9.59 Å². The molecule has 1 atom stereocenters. The predicted octanol–water partition coefficient (Wildman–Crippen LogP) is 6.31. The van der Waals surface area contributed by atoms with E-state index >= 15 is 0 Å². The Kier molecular flexibility index (Phi) is 7.12. The number of hydrogen-bond acceptors (Lipinski definition) is 4. The molecule has 0 aliphatic carbocycles. The Morgan fingerprint density at radius 2 is 1.43 bits per heavy atom. The fraction of sp³-hybridized carbons (Fsp3) is 0.207. The number of hydrogen-bond donors (Lipinski definition) is 1. The maximum absolute atomic E-state index is 13.4. The summed E-state index contributed by atoms with van der Waals surface area (Å²) < 4.78 is 0. The van der Waals surface area contributed by atoms with Gasteiger partial charge in [-0.3, -0.25) is 9.59 Å². The van der Waals surface area contributed by atoms with Gasteiger partial charge >= 0.3 is 0 Å². The van der Waals surface area contributed by atoms with E-state index in [1.54, 1.807) is 25.2 Å². The van der Waals surface area contributed by atoms with E-state index < -0.39 is 5.41 Å². The van der Waals surface area contributed by atoms with Crippen LogP contribution in [-0.4, -0.2) is 35.8 Å². The van der Waals surface area contributed by atoms with Gasteiger partial charge in [0.15, 0.2) is 5.13 Å². The number of carbonyl (C=O) groups excluding carboxylic acids is 2. The summed E-state index contributed by atoms with van der Waals surface area (Å²) in [6.45, 7) is 3.95. The molecule has 1 aromatic heterocycles. The lowest BCUT2D eigenvalue weighted by molar-refractivity contribution is -0.124. The van der Waals surface area contributed by atoms with Gasteiger partial charge in [0.2, 0.25) is 5.91 Å². The average Bonchev–Trinajstić information content (AvgIpc) is 3.38. The third-order valence-corrected chi connectivity index (χ3v) is 6.90. The van der Waals surface area contributed by atoms with Gasteiger partial charge in [0.25, 0.3) is 5.91 Å². The molecule has 4 rings (SSSR count). The van der Waals surface area contributed by atoms with Crippen molar-refractivity contribution in [1.29, 1.82) is 0 Å². The van der Waals surface area contributed by atoms with Crippen LogP contribution in [0, 0.1) is 5.41 Å². The number of nitrogens with zero attached hydrogens (tertiary/aromatic N) is 2. The zero-order chi connectivity index (χ0) is 25.0. The molecule has 5 nitrogen and oxygen atoms in total. The maximum Gasteiger partial charge on any atom is 0.253 e. The Morgan fingerprint density at radius 3 is 1.97 bits per heavy atom. The van der Waals surface area contributed by atoms with Gasteiger partial charge in [0, 0.05) is 37.2 Å². The Balaban J connectivity index is 1.65. The van der Waals surface area contributed by atoms with Crippen LogP contribution in [-0.2, 0) is 4.79 Å². The molecule has 35 heavy (non-hydrogen) atoms. The van der Waals surface area contributed by atoms with E-state index in [-0.39, 0.29) is 17.7 Å². The largest absolute Gasteiger partial charge is 0.345 e. The van der Waals surface area contributed by atoms with Gasteiger partial charge < -0.3 is 10.2 Å². The maximum atomic E-state index is 13.4. The van der Waals surface area contributed by atoms with Crippen molar-refractivity contribution in [3.8, 4) is 11.1 Å². The minimum absolute atomic E-state index is 0.0177. The fourth-order valence-electron chi connectivity index (χ4n) is 4.28. The molecule has 1 N–H and O–H groups in total. The first-order valence-corrected chi connectivity index (χ1v) is 12.3. The Morgan fingerprint density at radius 1 is 0.857 bits per heavy atom. The summed E-state index contributed by atoms with van der Waals surface area (Å²) in [4.78, 5) is 31.3. The highest BCUT2D eigenvalue weighted by atomic mass is 32.1. The van der Waals surface area contributed by atoms with E-state index in [0.717, 1.165) is 22.3 Å². The zero-order valence-corrected chi connectivity index (χ0v) is 21.2. The van der Waals surface area contributed by atoms with E-state index in [9.17, 15) is 9.59 Å². The van der Waals surface area contributed by atoms with Crippen LogP contribution in [0.1, 0.15) is 41.3 Å². The second kappa shape index (κ2) is 10.2. The smallest absolute Gasteiger partial charge is 0.253 e. The van der Waals surface area contributed by atoms with Crippen LogP contribution in [0.2, 0.25) is 0 Å². The van der Waals surface area contributed by atoms with Crippen molar-refractivity contribution in [3.63, 3.8) is 0 Å². The second-order valence-electron chi connectivity index (χ2n) is 9.26. The average molecular weight is 484 g/mol. The lowest BCUT2D eigenvalue weighted by Gasteiger charge is -2.34. The molecule has 0 fully saturated rings. The number of aromatic nitrogens is 1. The van der Waals surface area contributed by atoms with Crippen molar-refractivity contribution in [2.75, 3.05) is 19.4 Å². The molecule has 1 heterocycles. The predicted molar refractivity (Wildman–Crippen MR) is 143 cm³/mol. The van der Waals surface area contributed by atoms with Crippen LogP contribution in [0.4, 0.5) is 5.13 Å². The number of nitrogens with one attached hydrogen (secondary N) is 1. The summed E-state index contributed by atoms with van der Waals surface area (Å²) in [5.74, 6) is -0.250. The van der Waals surface area contributed by atoms with Crippen LogP contribution >= 0.6 is 11.3 Å². The van der Waals surface area contributed by atoms with Crippen LogP contribution in [0.25, 0.3) is 11.1 Å². The fourth-order valence-corrected chi connectivity index (χ4v) is 4.80. The normalized spacial score (nSPS) is 12.1. The van der Waals surface area contributed by atoms with E-state index in [4.69, 9.17) is 0 Å². The molecular formula is C29H29N3O2S. The summed E-state index contributed by atoms with van der Waals surface area (Å²) in [5.41, 5.74) is 4.14. The third-order valence-electron chi connectivity index (χ3n) is 6.21. The highest BCUT2D eigenvalue weighted by Gasteiger charge is 2.39. The van der Waals surface area contributed by atoms with Gasteiger partial charge in [-0.25, -0.2) is 4.98 Å². The van der Waals surface area contributed by atoms with Crippen molar-refractivity contribution in [2.24, 2.45) is 5.41 Å². The summed E-state index contributed by atoms with van der Waals surface area (Å²) in [6.07, 6.45) is 1.68. The van der Waals surface area contributed by atoms with Crippen LogP contribution in [0.15, 0.2) is 90.4 Å². The Bertz CT molecular complexity index is 1280. The van der Waals surface area contributed by atoms with Crippen molar-refractivity contribution in [3.05, 3.63) is 107 Å². The van der Waals surface area contributed by atoms with E-state index in [1.807, 2.05) is 61.7 Å². The summed E-state index contributed by atoms with van der Waals surface area (Å²) in [6, 6.07) is 26.1. The minimum Gasteiger partial charge on any atom is -0.345 e. The molecule has 1 unspecified atom stereocenters. The second-order valence-corrected chi connectivity index (χ2v) is 10.2. The van der Waals surface area contributed by atoms with Crippen LogP contribution in [0.3, 0.4) is 0 Å². The molecule has 6 heteroatoms. The third kappa shape index (κ3) is 5.33. The van der Waals surface area contributed by atoms with Crippen LogP contribution < -0.4 is 5.32 Å². The zero-order valence-electron chi connectivity index (χ0n) is 20.4. The summed E-state index contributed by atoms with van der Waals surface area (Å²) in [5, 5.41) is 5.42. The standard InChI is InChI=1S/C29H29N3O2S/c1-29(2,27(34)31-28-30-18-19-35-28)25(22-8-6-5-7-9-22)23-14-10-20(11-15-23)21-12-16-24(17-13-21)26(33)32(3)4/h5-19,25H,1-4H3,(H,30,31,34). The summed E-state index contributed by atoms with van der Waals surface area (Å²) >= 11 is 1.41. The lowest BCUT2D eigenvalue weighted by Crippen LogP contribution is -2.37. The van der Waals surface area contributed by atoms with Crippen LogP contribution in [0.5, 0.6) is 0 Å². The van der Waals surface area contributed by atoms with Gasteiger partial charge in [-0.2, -0.15) is 0 Å². The number of rotatable bonds is 7. The molecule has 4 aromatic rings. The monoisotopic (exact) mass is 483 g/mol. The quantitative estimate of drug-likeness (QED) is 0.335. The summed E-state index contributed by atoms with van der Waals surface area (Å²) in [7, 11) is 3.49. The van der Waals surface area contributed by atoms with Crippen molar-refractivity contribution in [1.82, 2.24) is 9.88 Å².